The minimum atomic E-state index is -1.25. The van der Waals surface area contributed by atoms with Gasteiger partial charge in [0.1, 0.15) is 34.6 Å². The number of anilines is 3. The van der Waals surface area contributed by atoms with E-state index in [-0.39, 0.29) is 5.57 Å². The Balaban J connectivity index is 1.37. The molecule has 0 unspecified atom stereocenters. The molecule has 0 aliphatic carbocycles. The lowest BCUT2D eigenvalue weighted by atomic mass is 10.0. The number of aliphatic carboxylic acids is 1. The topological polar surface area (TPSA) is 101 Å². The number of hydrogen-bond acceptors (Lipinski definition) is 8. The van der Waals surface area contributed by atoms with E-state index in [1.165, 1.54) is 17.4 Å². The van der Waals surface area contributed by atoms with Crippen molar-refractivity contribution in [3.8, 4) is 61.8 Å². The summed E-state index contributed by atoms with van der Waals surface area (Å²) in [6.45, 7) is 0. The van der Waals surface area contributed by atoms with Crippen LogP contribution < -0.4 is 23.8 Å². The molecule has 254 valence electrons. The smallest absolute Gasteiger partial charge is 0.346 e. The third kappa shape index (κ3) is 7.72. The fourth-order valence-corrected chi connectivity index (χ4v) is 6.60. The number of nitrogens with zero attached hydrogens (tertiary/aromatic N) is 2. The Hall–Kier alpha value is -6.50. The average molecular weight is 695 g/mol. The third-order valence-electron chi connectivity index (χ3n) is 8.29. The zero-order chi connectivity index (χ0) is 35.9. The summed E-state index contributed by atoms with van der Waals surface area (Å²) < 4.78 is 22.0. The van der Waals surface area contributed by atoms with E-state index in [1.807, 2.05) is 60.7 Å². The van der Waals surface area contributed by atoms with Gasteiger partial charge < -0.3 is 29.0 Å². The molecule has 1 N–H and O–H groups in total. The van der Waals surface area contributed by atoms with Crippen molar-refractivity contribution in [2.75, 3.05) is 33.3 Å². The quantitative estimate of drug-likeness (QED) is 0.0998. The Kier molecular flexibility index (Phi) is 10.4. The van der Waals surface area contributed by atoms with Crippen LogP contribution in [0.5, 0.6) is 23.0 Å². The normalized spacial score (nSPS) is 11.0. The molecule has 0 spiro atoms. The number of thiophene rings is 1. The molecule has 0 bridgehead atoms. The molecule has 0 aliphatic rings. The fourth-order valence-electron chi connectivity index (χ4n) is 5.65. The first-order valence-corrected chi connectivity index (χ1v) is 16.7. The van der Waals surface area contributed by atoms with Gasteiger partial charge in [0.25, 0.3) is 0 Å². The number of ether oxygens (including phenoxy) is 4. The van der Waals surface area contributed by atoms with Gasteiger partial charge in [0.05, 0.1) is 28.4 Å². The predicted octanol–water partition coefficient (Wildman–Crippen LogP) is 10.2. The highest BCUT2D eigenvalue weighted by atomic mass is 32.1. The van der Waals surface area contributed by atoms with Crippen molar-refractivity contribution in [2.45, 2.75) is 0 Å². The van der Waals surface area contributed by atoms with Crippen LogP contribution in [0.1, 0.15) is 4.88 Å². The van der Waals surface area contributed by atoms with E-state index in [1.54, 1.807) is 34.5 Å². The number of hydrogen-bond donors (Lipinski definition) is 1. The summed E-state index contributed by atoms with van der Waals surface area (Å²) in [6.07, 6.45) is 1.39. The zero-order valence-electron chi connectivity index (χ0n) is 28.4. The molecule has 6 aromatic rings. The number of rotatable bonds is 12. The van der Waals surface area contributed by atoms with Gasteiger partial charge in [-0.2, -0.15) is 5.26 Å². The number of benzene rings is 5. The van der Waals surface area contributed by atoms with Gasteiger partial charge in [0.15, 0.2) is 0 Å². The van der Waals surface area contributed by atoms with Crippen LogP contribution in [-0.4, -0.2) is 39.5 Å². The van der Waals surface area contributed by atoms with E-state index in [0.29, 0.717) is 27.9 Å². The Morgan fingerprint density at radius 2 is 0.980 bits per heavy atom. The Bertz CT molecular complexity index is 2090. The lowest BCUT2D eigenvalue weighted by Crippen LogP contribution is -2.09. The minimum absolute atomic E-state index is 0.303. The van der Waals surface area contributed by atoms with Gasteiger partial charge in [-0.25, -0.2) is 4.79 Å². The van der Waals surface area contributed by atoms with E-state index in [0.717, 1.165) is 49.8 Å². The summed E-state index contributed by atoms with van der Waals surface area (Å²) in [5.74, 6) is 1.61. The summed E-state index contributed by atoms with van der Waals surface area (Å²) in [6, 6.07) is 42.0. The SMILES string of the molecule is COc1cc(OC)cc(-c2ccc(N(c3ccc(-c4cc(OC)cc(OC)c4)cc3)c3ccc(-c4ccc(/C=C(/C#N)C(=O)O)s4)cc3)cc2)c1. The highest BCUT2D eigenvalue weighted by Gasteiger charge is 2.15. The molecule has 0 fully saturated rings. The molecule has 0 aliphatic heterocycles. The second-order valence-corrected chi connectivity index (χ2v) is 12.5. The Morgan fingerprint density at radius 1 is 0.588 bits per heavy atom. The van der Waals surface area contributed by atoms with Crippen LogP contribution in [0, 0.1) is 11.3 Å². The van der Waals surface area contributed by atoms with Crippen molar-refractivity contribution in [3.63, 3.8) is 0 Å². The van der Waals surface area contributed by atoms with Crippen LogP contribution in [0.4, 0.5) is 17.1 Å². The predicted molar refractivity (Wildman–Crippen MR) is 203 cm³/mol. The van der Waals surface area contributed by atoms with Crippen LogP contribution >= 0.6 is 11.3 Å². The largest absolute Gasteiger partial charge is 0.497 e. The van der Waals surface area contributed by atoms with Crippen molar-refractivity contribution in [2.24, 2.45) is 0 Å². The number of nitriles is 1. The first kappa shape index (κ1) is 34.4. The van der Waals surface area contributed by atoms with Crippen LogP contribution in [0.3, 0.4) is 0 Å². The maximum Gasteiger partial charge on any atom is 0.346 e. The minimum Gasteiger partial charge on any atom is -0.497 e. The average Bonchev–Trinajstić information content (AvgIpc) is 3.66. The van der Waals surface area contributed by atoms with Crippen molar-refractivity contribution in [1.29, 1.82) is 5.26 Å². The summed E-state index contributed by atoms with van der Waals surface area (Å²) in [7, 11) is 6.55. The molecule has 5 aromatic carbocycles. The first-order valence-electron chi connectivity index (χ1n) is 15.8. The highest BCUT2D eigenvalue weighted by molar-refractivity contribution is 7.16. The molecule has 0 saturated carbocycles. The van der Waals surface area contributed by atoms with Crippen LogP contribution in [0.15, 0.2) is 127 Å². The summed E-state index contributed by atoms with van der Waals surface area (Å²) in [5, 5.41) is 18.4. The second kappa shape index (κ2) is 15.4. The third-order valence-corrected chi connectivity index (χ3v) is 9.38. The summed E-state index contributed by atoms with van der Waals surface area (Å²) >= 11 is 1.42. The molecule has 0 saturated heterocycles. The van der Waals surface area contributed by atoms with E-state index < -0.39 is 5.97 Å². The zero-order valence-corrected chi connectivity index (χ0v) is 29.2. The van der Waals surface area contributed by atoms with Crippen molar-refractivity contribution in [1.82, 2.24) is 0 Å². The van der Waals surface area contributed by atoms with Crippen LogP contribution in [0.2, 0.25) is 0 Å². The van der Waals surface area contributed by atoms with Gasteiger partial charge in [0.2, 0.25) is 0 Å². The number of methoxy groups -OCH3 is 4. The molecule has 6 rings (SSSR count). The van der Waals surface area contributed by atoms with Crippen molar-refractivity contribution >= 4 is 40.4 Å². The van der Waals surface area contributed by atoms with Crippen molar-refractivity contribution in [3.05, 3.63) is 132 Å². The van der Waals surface area contributed by atoms with Crippen LogP contribution in [0.25, 0.3) is 38.8 Å². The van der Waals surface area contributed by atoms with E-state index in [9.17, 15) is 9.90 Å². The van der Waals surface area contributed by atoms with Crippen molar-refractivity contribution < 1.29 is 28.8 Å². The second-order valence-electron chi connectivity index (χ2n) is 11.4. The lowest BCUT2D eigenvalue weighted by molar-refractivity contribution is -0.132. The molecule has 51 heavy (non-hydrogen) atoms. The molecule has 0 amide bonds. The van der Waals surface area contributed by atoms with Gasteiger partial charge in [0, 0.05) is 38.9 Å². The maximum absolute atomic E-state index is 11.3. The number of carboxylic acid groups (broad SMARTS) is 1. The van der Waals surface area contributed by atoms with E-state index in [4.69, 9.17) is 24.2 Å². The molecule has 0 atom stereocenters. The first-order chi connectivity index (χ1) is 24.8. The Labute approximate surface area is 300 Å². The highest BCUT2D eigenvalue weighted by Crippen LogP contribution is 2.40. The molecule has 1 heterocycles. The molecular weight excluding hydrogens is 661 g/mol. The Morgan fingerprint density at radius 3 is 1.33 bits per heavy atom. The monoisotopic (exact) mass is 694 g/mol. The van der Waals surface area contributed by atoms with Gasteiger partial charge in [-0.3, -0.25) is 0 Å². The molecule has 8 nitrogen and oxygen atoms in total. The number of carbonyl (C=O) groups is 1. The van der Waals surface area contributed by atoms with Gasteiger partial charge in [-0.15, -0.1) is 11.3 Å². The van der Waals surface area contributed by atoms with Gasteiger partial charge in [-0.1, -0.05) is 36.4 Å². The summed E-state index contributed by atoms with van der Waals surface area (Å²) in [4.78, 5) is 15.2. The molecular formula is C42H34N2O6S. The molecule has 1 aromatic heterocycles. The molecule has 0 radical (unpaired) electrons. The van der Waals surface area contributed by atoms with E-state index in [2.05, 4.69) is 65.6 Å². The molecule has 9 heteroatoms. The fraction of sp³-hybridized carbons (Fsp3) is 0.0952. The van der Waals surface area contributed by atoms with Gasteiger partial charge >= 0.3 is 5.97 Å². The lowest BCUT2D eigenvalue weighted by Gasteiger charge is -2.26. The summed E-state index contributed by atoms with van der Waals surface area (Å²) in [5.41, 5.74) is 7.50. The maximum atomic E-state index is 11.3. The number of carboxylic acids is 1. The standard InChI is InChI=1S/C42H34N2O6S/c1-47-36-19-30(20-37(24-36)48-2)27-5-11-33(12-6-27)44(34-13-7-28(8-14-34)31-21-38(49-3)25-39(22-31)50-4)35-15-9-29(10-16-35)41-18-17-40(51-41)23-32(26-43)42(45)46/h5-25H,1-4H3,(H,45,46)/b32-23-. The van der Waals surface area contributed by atoms with Crippen LogP contribution in [-0.2, 0) is 4.79 Å². The van der Waals surface area contributed by atoms with Gasteiger partial charge in [-0.05, 0) is 107 Å². The van der Waals surface area contributed by atoms with E-state index >= 15 is 0 Å².